The number of furan rings is 1. The van der Waals surface area contributed by atoms with Gasteiger partial charge in [0.25, 0.3) is 5.69 Å². The summed E-state index contributed by atoms with van der Waals surface area (Å²) in [5.41, 5.74) is 1.87. The van der Waals surface area contributed by atoms with E-state index in [0.717, 1.165) is 5.39 Å². The van der Waals surface area contributed by atoms with Crippen molar-refractivity contribution in [1.82, 2.24) is 0 Å². The molecule has 128 valence electrons. The predicted molar refractivity (Wildman–Crippen MR) is 89.7 cm³/mol. The molecule has 1 aromatic heterocycles. The van der Waals surface area contributed by atoms with Crippen molar-refractivity contribution in [2.75, 3.05) is 7.11 Å². The van der Waals surface area contributed by atoms with E-state index in [1.54, 1.807) is 44.4 Å². The predicted octanol–water partition coefficient (Wildman–Crippen LogP) is 4.02. The van der Waals surface area contributed by atoms with Crippen LogP contribution in [0.1, 0.15) is 21.7 Å². The van der Waals surface area contributed by atoms with Gasteiger partial charge < -0.3 is 13.9 Å². The molecule has 0 spiro atoms. The maximum atomic E-state index is 12.3. The Balaban J connectivity index is 1.76. The largest absolute Gasteiger partial charge is 0.497 e. The van der Waals surface area contributed by atoms with Crippen molar-refractivity contribution in [2.45, 2.75) is 13.5 Å². The van der Waals surface area contributed by atoms with Crippen LogP contribution in [-0.2, 0) is 11.3 Å². The molecule has 3 rings (SSSR count). The average molecular weight is 341 g/mol. The number of methoxy groups -OCH3 is 1. The number of rotatable bonds is 5. The number of nitro benzene ring substituents is 1. The monoisotopic (exact) mass is 341 g/mol. The van der Waals surface area contributed by atoms with Crippen LogP contribution >= 0.6 is 0 Å². The Morgan fingerprint density at radius 1 is 1.20 bits per heavy atom. The fourth-order valence-electron chi connectivity index (χ4n) is 2.45. The highest BCUT2D eigenvalue weighted by atomic mass is 16.6. The second-order valence-corrected chi connectivity index (χ2v) is 5.42. The van der Waals surface area contributed by atoms with Crippen LogP contribution in [0.5, 0.6) is 5.75 Å². The molecule has 0 saturated carbocycles. The molecule has 2 aromatic carbocycles. The van der Waals surface area contributed by atoms with Crippen LogP contribution in [0.2, 0.25) is 0 Å². The Morgan fingerprint density at radius 2 is 1.92 bits per heavy atom. The number of nitro groups is 1. The number of non-ortho nitro benzene ring substituents is 1. The third kappa shape index (κ3) is 3.30. The summed E-state index contributed by atoms with van der Waals surface area (Å²) in [6, 6.07) is 11.1. The van der Waals surface area contributed by atoms with Crippen molar-refractivity contribution in [3.63, 3.8) is 0 Å². The standard InChI is InChI=1S/C18H15NO6/c1-11-15-9-14(23-2)7-8-16(15)25-17(11)18(20)24-10-12-3-5-13(6-4-12)19(21)22/h3-9H,10H2,1-2H3. The first kappa shape index (κ1) is 16.5. The highest BCUT2D eigenvalue weighted by Crippen LogP contribution is 2.29. The van der Waals surface area contributed by atoms with Crippen LogP contribution in [0.3, 0.4) is 0 Å². The van der Waals surface area contributed by atoms with Gasteiger partial charge in [-0.25, -0.2) is 4.79 Å². The topological polar surface area (TPSA) is 91.8 Å². The zero-order valence-electron chi connectivity index (χ0n) is 13.6. The lowest BCUT2D eigenvalue weighted by Gasteiger charge is -2.03. The summed E-state index contributed by atoms with van der Waals surface area (Å²) in [6.45, 7) is 1.77. The SMILES string of the molecule is COc1ccc2oc(C(=O)OCc3ccc([N+](=O)[O-])cc3)c(C)c2c1. The minimum atomic E-state index is -0.592. The van der Waals surface area contributed by atoms with Gasteiger partial charge in [-0.3, -0.25) is 10.1 Å². The van der Waals surface area contributed by atoms with E-state index in [4.69, 9.17) is 13.9 Å². The number of nitrogens with zero attached hydrogens (tertiary/aromatic N) is 1. The van der Waals surface area contributed by atoms with Crippen molar-refractivity contribution < 1.29 is 23.6 Å². The van der Waals surface area contributed by atoms with E-state index in [1.165, 1.54) is 12.1 Å². The number of hydrogen-bond donors (Lipinski definition) is 0. The van der Waals surface area contributed by atoms with Crippen LogP contribution in [0.4, 0.5) is 5.69 Å². The van der Waals surface area contributed by atoms with E-state index in [0.29, 0.717) is 22.5 Å². The Kier molecular flexibility index (Phi) is 4.38. The summed E-state index contributed by atoms with van der Waals surface area (Å²) in [6.07, 6.45) is 0. The molecule has 0 unspecified atom stereocenters. The lowest BCUT2D eigenvalue weighted by molar-refractivity contribution is -0.384. The quantitative estimate of drug-likeness (QED) is 0.395. The molecule has 0 atom stereocenters. The van der Waals surface area contributed by atoms with Crippen molar-refractivity contribution in [2.24, 2.45) is 0 Å². The van der Waals surface area contributed by atoms with Crippen molar-refractivity contribution in [3.8, 4) is 5.75 Å². The molecular weight excluding hydrogens is 326 g/mol. The molecule has 0 radical (unpaired) electrons. The van der Waals surface area contributed by atoms with Crippen molar-refractivity contribution in [1.29, 1.82) is 0 Å². The number of fused-ring (bicyclic) bond motifs is 1. The number of aryl methyl sites for hydroxylation is 1. The maximum absolute atomic E-state index is 12.3. The first-order valence-electron chi connectivity index (χ1n) is 7.47. The zero-order chi connectivity index (χ0) is 18.0. The summed E-state index contributed by atoms with van der Waals surface area (Å²) in [5, 5.41) is 11.4. The van der Waals surface area contributed by atoms with Gasteiger partial charge in [-0.1, -0.05) is 0 Å². The van der Waals surface area contributed by atoms with Crippen LogP contribution in [0, 0.1) is 17.0 Å². The fourth-order valence-corrected chi connectivity index (χ4v) is 2.45. The second kappa shape index (κ2) is 6.64. The van der Waals surface area contributed by atoms with Gasteiger partial charge in [-0.2, -0.15) is 0 Å². The van der Waals surface area contributed by atoms with E-state index < -0.39 is 10.9 Å². The molecule has 1 heterocycles. The zero-order valence-corrected chi connectivity index (χ0v) is 13.6. The first-order chi connectivity index (χ1) is 12.0. The number of carbonyl (C=O) groups excluding carboxylic acids is 1. The van der Waals surface area contributed by atoms with Gasteiger partial charge in [0.05, 0.1) is 12.0 Å². The van der Waals surface area contributed by atoms with Gasteiger partial charge in [0.2, 0.25) is 5.76 Å². The molecule has 0 aliphatic heterocycles. The Hall–Kier alpha value is -3.35. The molecule has 7 nitrogen and oxygen atoms in total. The summed E-state index contributed by atoms with van der Waals surface area (Å²) >= 11 is 0. The molecule has 3 aromatic rings. The van der Waals surface area contributed by atoms with Gasteiger partial charge in [0.1, 0.15) is 17.9 Å². The lowest BCUT2D eigenvalue weighted by Crippen LogP contribution is -2.05. The third-order valence-corrected chi connectivity index (χ3v) is 3.85. The van der Waals surface area contributed by atoms with Gasteiger partial charge in [0.15, 0.2) is 0 Å². The molecule has 0 aliphatic carbocycles. The molecule has 25 heavy (non-hydrogen) atoms. The Bertz CT molecular complexity index is 942. The third-order valence-electron chi connectivity index (χ3n) is 3.85. The highest BCUT2D eigenvalue weighted by Gasteiger charge is 2.19. The lowest BCUT2D eigenvalue weighted by atomic mass is 10.1. The minimum absolute atomic E-state index is 0.00334. The average Bonchev–Trinajstić information content (AvgIpc) is 2.96. The van der Waals surface area contributed by atoms with Crippen molar-refractivity contribution in [3.05, 3.63) is 69.5 Å². The summed E-state index contributed by atoms with van der Waals surface area (Å²) in [5.74, 6) is 0.207. The molecule has 7 heteroatoms. The van der Waals surface area contributed by atoms with Gasteiger partial charge in [-0.15, -0.1) is 0 Å². The smallest absolute Gasteiger partial charge is 0.374 e. The van der Waals surface area contributed by atoms with E-state index in [9.17, 15) is 14.9 Å². The molecule has 0 saturated heterocycles. The molecule has 0 aliphatic rings. The van der Waals surface area contributed by atoms with E-state index in [-0.39, 0.29) is 18.1 Å². The van der Waals surface area contributed by atoms with Crippen LogP contribution < -0.4 is 4.74 Å². The van der Waals surface area contributed by atoms with Gasteiger partial charge in [0, 0.05) is 23.1 Å². The van der Waals surface area contributed by atoms with Crippen LogP contribution in [0.25, 0.3) is 11.0 Å². The highest BCUT2D eigenvalue weighted by molar-refractivity contribution is 5.96. The fraction of sp³-hybridized carbons (Fsp3) is 0.167. The Labute approximate surface area is 142 Å². The summed E-state index contributed by atoms with van der Waals surface area (Å²) < 4.78 is 16.0. The maximum Gasteiger partial charge on any atom is 0.374 e. The molecule has 0 fully saturated rings. The summed E-state index contributed by atoms with van der Waals surface area (Å²) in [7, 11) is 1.57. The number of benzene rings is 2. The van der Waals surface area contributed by atoms with E-state index >= 15 is 0 Å². The van der Waals surface area contributed by atoms with E-state index in [2.05, 4.69) is 0 Å². The first-order valence-corrected chi connectivity index (χ1v) is 7.47. The number of carbonyl (C=O) groups is 1. The van der Waals surface area contributed by atoms with Crippen molar-refractivity contribution >= 4 is 22.6 Å². The number of hydrogen-bond acceptors (Lipinski definition) is 6. The van der Waals surface area contributed by atoms with Gasteiger partial charge >= 0.3 is 5.97 Å². The summed E-state index contributed by atoms with van der Waals surface area (Å²) in [4.78, 5) is 22.4. The molecule has 0 bridgehead atoms. The number of esters is 1. The molecule has 0 amide bonds. The van der Waals surface area contributed by atoms with Crippen LogP contribution in [-0.4, -0.2) is 18.0 Å². The Morgan fingerprint density at radius 3 is 2.56 bits per heavy atom. The van der Waals surface area contributed by atoms with E-state index in [1.807, 2.05) is 0 Å². The molecular formula is C18H15NO6. The molecule has 0 N–H and O–H groups in total. The second-order valence-electron chi connectivity index (χ2n) is 5.42. The number of ether oxygens (including phenoxy) is 2. The van der Waals surface area contributed by atoms with Gasteiger partial charge in [-0.05, 0) is 42.8 Å². The minimum Gasteiger partial charge on any atom is -0.497 e. The normalized spacial score (nSPS) is 10.6. The van der Waals surface area contributed by atoms with Crippen LogP contribution in [0.15, 0.2) is 46.9 Å².